The highest BCUT2D eigenvalue weighted by Crippen LogP contribution is 2.23. The summed E-state index contributed by atoms with van der Waals surface area (Å²) in [5, 5.41) is 6.84. The van der Waals surface area contributed by atoms with Gasteiger partial charge in [0.2, 0.25) is 0 Å². The minimum atomic E-state index is 0.0303. The number of hydrogen-bond donors (Lipinski definition) is 2. The van der Waals surface area contributed by atoms with Crippen molar-refractivity contribution >= 4 is 21.9 Å². The number of benzene rings is 1. The van der Waals surface area contributed by atoms with E-state index >= 15 is 0 Å². The van der Waals surface area contributed by atoms with Crippen LogP contribution >= 0.6 is 15.9 Å². The Balaban J connectivity index is 1.76. The molecule has 0 bridgehead atoms. The maximum absolute atomic E-state index is 5.37. The van der Waals surface area contributed by atoms with E-state index in [2.05, 4.69) is 74.6 Å². The number of rotatable bonds is 6. The van der Waals surface area contributed by atoms with Crippen molar-refractivity contribution < 1.29 is 4.74 Å². The van der Waals surface area contributed by atoms with E-state index in [9.17, 15) is 0 Å². The van der Waals surface area contributed by atoms with Gasteiger partial charge in [0.1, 0.15) is 0 Å². The van der Waals surface area contributed by atoms with E-state index in [0.717, 1.165) is 56.4 Å². The molecule has 1 saturated heterocycles. The zero-order valence-electron chi connectivity index (χ0n) is 14.9. The average molecular weight is 397 g/mol. The summed E-state index contributed by atoms with van der Waals surface area (Å²) in [6, 6.07) is 8.51. The predicted molar refractivity (Wildman–Crippen MR) is 104 cm³/mol. The van der Waals surface area contributed by atoms with Gasteiger partial charge in [0.15, 0.2) is 5.96 Å². The lowest BCUT2D eigenvalue weighted by molar-refractivity contribution is 0.0389. The normalized spacial score (nSPS) is 16.9. The van der Waals surface area contributed by atoms with Gasteiger partial charge in [0, 0.05) is 49.7 Å². The lowest BCUT2D eigenvalue weighted by Gasteiger charge is -2.28. The van der Waals surface area contributed by atoms with E-state index in [1.807, 2.05) is 7.05 Å². The van der Waals surface area contributed by atoms with Gasteiger partial charge in [-0.2, -0.15) is 0 Å². The van der Waals surface area contributed by atoms with Crippen molar-refractivity contribution in [1.82, 2.24) is 15.5 Å². The molecule has 1 aromatic carbocycles. The summed E-state index contributed by atoms with van der Waals surface area (Å²) in [6.45, 7) is 10.9. The van der Waals surface area contributed by atoms with Crippen LogP contribution in [-0.2, 0) is 10.2 Å². The minimum absolute atomic E-state index is 0.0303. The molecule has 0 aliphatic carbocycles. The lowest BCUT2D eigenvalue weighted by Crippen LogP contribution is -2.46. The van der Waals surface area contributed by atoms with E-state index in [4.69, 9.17) is 4.74 Å². The van der Waals surface area contributed by atoms with Gasteiger partial charge in [0.05, 0.1) is 13.2 Å². The Morgan fingerprint density at radius 3 is 2.50 bits per heavy atom. The molecule has 134 valence electrons. The third-order valence-corrected chi connectivity index (χ3v) is 4.90. The first-order chi connectivity index (χ1) is 11.5. The van der Waals surface area contributed by atoms with Gasteiger partial charge in [-0.1, -0.05) is 41.9 Å². The maximum atomic E-state index is 5.37. The van der Waals surface area contributed by atoms with Gasteiger partial charge in [-0.25, -0.2) is 0 Å². The SMILES string of the molecule is CN=C(NCCN1CCOCC1)NCC(C)(C)c1ccc(Br)cc1. The molecule has 5 nitrogen and oxygen atoms in total. The van der Waals surface area contributed by atoms with Crippen LogP contribution in [0.2, 0.25) is 0 Å². The standard InChI is InChI=1S/C18H29BrN4O/c1-18(2,15-4-6-16(19)7-5-15)14-22-17(20-3)21-8-9-23-10-12-24-13-11-23/h4-7H,8-14H2,1-3H3,(H2,20,21,22). The molecule has 2 rings (SSSR count). The van der Waals surface area contributed by atoms with Crippen LogP contribution < -0.4 is 10.6 Å². The fourth-order valence-electron chi connectivity index (χ4n) is 2.69. The Morgan fingerprint density at radius 2 is 1.88 bits per heavy atom. The third kappa shape index (κ3) is 6.07. The molecule has 0 atom stereocenters. The van der Waals surface area contributed by atoms with E-state index in [-0.39, 0.29) is 5.41 Å². The number of guanidine groups is 1. The summed E-state index contributed by atoms with van der Waals surface area (Å²) >= 11 is 3.49. The Morgan fingerprint density at radius 1 is 1.21 bits per heavy atom. The van der Waals surface area contributed by atoms with E-state index < -0.39 is 0 Å². The molecule has 0 unspecified atom stereocenters. The Labute approximate surface area is 154 Å². The van der Waals surface area contributed by atoms with Gasteiger partial charge in [-0.3, -0.25) is 9.89 Å². The van der Waals surface area contributed by atoms with Gasteiger partial charge in [0.25, 0.3) is 0 Å². The highest BCUT2D eigenvalue weighted by Gasteiger charge is 2.20. The fourth-order valence-corrected chi connectivity index (χ4v) is 2.95. The first-order valence-corrected chi connectivity index (χ1v) is 9.31. The lowest BCUT2D eigenvalue weighted by atomic mass is 9.85. The molecule has 0 aromatic heterocycles. The molecule has 0 amide bonds. The van der Waals surface area contributed by atoms with Crippen LogP contribution in [0.1, 0.15) is 19.4 Å². The van der Waals surface area contributed by atoms with Gasteiger partial charge in [-0.15, -0.1) is 0 Å². The van der Waals surface area contributed by atoms with Crippen LogP contribution in [0.15, 0.2) is 33.7 Å². The molecule has 1 fully saturated rings. The van der Waals surface area contributed by atoms with Crippen molar-refractivity contribution in [3.8, 4) is 0 Å². The smallest absolute Gasteiger partial charge is 0.191 e. The largest absolute Gasteiger partial charge is 0.379 e. The summed E-state index contributed by atoms with van der Waals surface area (Å²) < 4.78 is 6.48. The molecule has 0 spiro atoms. The van der Waals surface area contributed by atoms with Crippen LogP contribution in [0.25, 0.3) is 0 Å². The van der Waals surface area contributed by atoms with Crippen LogP contribution in [0.5, 0.6) is 0 Å². The average Bonchev–Trinajstić information content (AvgIpc) is 2.59. The molecule has 1 aliphatic heterocycles. The Bertz CT molecular complexity index is 524. The highest BCUT2D eigenvalue weighted by molar-refractivity contribution is 9.10. The Hall–Kier alpha value is -1.11. The van der Waals surface area contributed by atoms with Crippen LogP contribution in [0.3, 0.4) is 0 Å². The summed E-state index contributed by atoms with van der Waals surface area (Å²) in [4.78, 5) is 6.74. The number of morpholine rings is 1. The van der Waals surface area contributed by atoms with E-state index in [0.29, 0.717) is 0 Å². The van der Waals surface area contributed by atoms with Gasteiger partial charge >= 0.3 is 0 Å². The summed E-state index contributed by atoms with van der Waals surface area (Å²) in [6.07, 6.45) is 0. The zero-order chi connectivity index (χ0) is 17.4. The predicted octanol–water partition coefficient (Wildman–Crippen LogP) is 2.22. The van der Waals surface area contributed by atoms with Crippen molar-refractivity contribution in [2.24, 2.45) is 4.99 Å². The number of aliphatic imine (C=N–C) groups is 1. The maximum Gasteiger partial charge on any atom is 0.191 e. The topological polar surface area (TPSA) is 48.9 Å². The van der Waals surface area contributed by atoms with Crippen molar-refractivity contribution in [3.63, 3.8) is 0 Å². The molecule has 0 radical (unpaired) electrons. The monoisotopic (exact) mass is 396 g/mol. The molecule has 1 aliphatic rings. The quantitative estimate of drug-likeness (QED) is 0.571. The van der Waals surface area contributed by atoms with Crippen molar-refractivity contribution in [3.05, 3.63) is 34.3 Å². The molecule has 1 aromatic rings. The van der Waals surface area contributed by atoms with Gasteiger partial charge < -0.3 is 15.4 Å². The summed E-state index contributed by atoms with van der Waals surface area (Å²) in [5.74, 6) is 0.855. The molecular weight excluding hydrogens is 368 g/mol. The Kier molecular flexibility index (Phi) is 7.52. The summed E-state index contributed by atoms with van der Waals surface area (Å²) in [7, 11) is 1.82. The van der Waals surface area contributed by atoms with Crippen molar-refractivity contribution in [2.75, 3.05) is 53.0 Å². The first-order valence-electron chi connectivity index (χ1n) is 8.52. The number of halogens is 1. The zero-order valence-corrected chi connectivity index (χ0v) is 16.5. The van der Waals surface area contributed by atoms with Crippen molar-refractivity contribution in [1.29, 1.82) is 0 Å². The van der Waals surface area contributed by atoms with Crippen LogP contribution in [0.4, 0.5) is 0 Å². The van der Waals surface area contributed by atoms with E-state index in [1.165, 1.54) is 5.56 Å². The number of nitrogens with one attached hydrogen (secondary N) is 2. The molecule has 6 heteroatoms. The molecule has 1 heterocycles. The molecular formula is C18H29BrN4O. The van der Waals surface area contributed by atoms with Gasteiger partial charge in [-0.05, 0) is 17.7 Å². The second-order valence-corrected chi connectivity index (χ2v) is 7.61. The highest BCUT2D eigenvalue weighted by atomic mass is 79.9. The number of ether oxygens (including phenoxy) is 1. The molecule has 24 heavy (non-hydrogen) atoms. The third-order valence-electron chi connectivity index (χ3n) is 4.37. The summed E-state index contributed by atoms with van der Waals surface area (Å²) in [5.41, 5.74) is 1.34. The van der Waals surface area contributed by atoms with Crippen molar-refractivity contribution in [2.45, 2.75) is 19.3 Å². The second-order valence-electron chi connectivity index (χ2n) is 6.70. The second kappa shape index (κ2) is 9.39. The van der Waals surface area contributed by atoms with Crippen LogP contribution in [-0.4, -0.2) is 63.8 Å². The molecule has 0 saturated carbocycles. The number of nitrogens with zero attached hydrogens (tertiary/aromatic N) is 2. The van der Waals surface area contributed by atoms with Crippen LogP contribution in [0, 0.1) is 0 Å². The molecule has 2 N–H and O–H groups in total. The fraction of sp³-hybridized carbons (Fsp3) is 0.611. The minimum Gasteiger partial charge on any atom is -0.379 e. The first kappa shape index (κ1) is 19.2. The number of hydrogen-bond acceptors (Lipinski definition) is 3. The van der Waals surface area contributed by atoms with E-state index in [1.54, 1.807) is 0 Å².